The number of benzene rings is 1. The summed E-state index contributed by atoms with van der Waals surface area (Å²) in [5, 5.41) is 9.49. The molecule has 17 heavy (non-hydrogen) atoms. The van der Waals surface area contributed by atoms with Crippen LogP contribution in [0.2, 0.25) is 0 Å². The van der Waals surface area contributed by atoms with Gasteiger partial charge in [-0.3, -0.25) is 0 Å². The summed E-state index contributed by atoms with van der Waals surface area (Å²) < 4.78 is 18.6. The number of halogens is 1. The van der Waals surface area contributed by atoms with Gasteiger partial charge in [0.2, 0.25) is 0 Å². The van der Waals surface area contributed by atoms with Crippen LogP contribution in [0.5, 0.6) is 11.5 Å². The van der Waals surface area contributed by atoms with Crippen LogP contribution in [0, 0.1) is 5.82 Å². The highest BCUT2D eigenvalue weighted by Crippen LogP contribution is 2.43. The highest BCUT2D eigenvalue weighted by Gasteiger charge is 2.35. The van der Waals surface area contributed by atoms with Crippen molar-refractivity contribution in [2.45, 2.75) is 31.1 Å². The number of nitrogens with two attached hydrogens (primary N) is 1. The van der Waals surface area contributed by atoms with Crippen LogP contribution in [-0.4, -0.2) is 18.8 Å². The molecule has 0 radical (unpaired) electrons. The second kappa shape index (κ2) is 4.53. The molecule has 0 atom stereocenters. The second-order valence-electron chi connectivity index (χ2n) is 4.70. The number of phenolic OH excluding ortho intramolecular Hbond substituents is 1. The SMILES string of the molecule is COc1cc(C2(CN)CCCC2)cc(F)c1O. The first-order valence-electron chi connectivity index (χ1n) is 5.90. The van der Waals surface area contributed by atoms with E-state index in [0.29, 0.717) is 6.54 Å². The van der Waals surface area contributed by atoms with Crippen molar-refractivity contribution in [3.05, 3.63) is 23.5 Å². The minimum absolute atomic E-state index is 0.151. The highest BCUT2D eigenvalue weighted by molar-refractivity contribution is 5.46. The first kappa shape index (κ1) is 12.2. The fraction of sp³-hybridized carbons (Fsp3) is 0.538. The van der Waals surface area contributed by atoms with E-state index in [2.05, 4.69) is 0 Å². The molecule has 4 heteroatoms. The average Bonchev–Trinajstić information content (AvgIpc) is 2.82. The molecular weight excluding hydrogens is 221 g/mol. The molecule has 1 aliphatic rings. The van der Waals surface area contributed by atoms with E-state index in [1.165, 1.54) is 13.2 Å². The molecule has 0 aliphatic heterocycles. The number of ether oxygens (including phenoxy) is 1. The average molecular weight is 239 g/mol. The first-order chi connectivity index (χ1) is 8.13. The summed E-state index contributed by atoms with van der Waals surface area (Å²) in [6, 6.07) is 3.09. The summed E-state index contributed by atoms with van der Waals surface area (Å²) in [4.78, 5) is 0. The molecule has 0 heterocycles. The Balaban J connectivity index is 2.48. The van der Waals surface area contributed by atoms with Gasteiger partial charge in [0, 0.05) is 12.0 Å². The Morgan fingerprint density at radius 2 is 2.06 bits per heavy atom. The van der Waals surface area contributed by atoms with Crippen molar-refractivity contribution in [2.75, 3.05) is 13.7 Å². The van der Waals surface area contributed by atoms with Gasteiger partial charge in [-0.25, -0.2) is 4.39 Å². The van der Waals surface area contributed by atoms with E-state index < -0.39 is 11.6 Å². The van der Waals surface area contributed by atoms with Crippen molar-refractivity contribution >= 4 is 0 Å². The molecule has 94 valence electrons. The predicted octanol–water partition coefficient (Wildman–Crippen LogP) is 2.31. The van der Waals surface area contributed by atoms with Gasteiger partial charge >= 0.3 is 0 Å². The van der Waals surface area contributed by atoms with Crippen molar-refractivity contribution in [1.29, 1.82) is 0 Å². The lowest BCUT2D eigenvalue weighted by molar-refractivity contribution is 0.352. The Bertz CT molecular complexity index is 414. The van der Waals surface area contributed by atoms with E-state index in [1.807, 2.05) is 0 Å². The summed E-state index contributed by atoms with van der Waals surface area (Å²) in [5.41, 5.74) is 6.54. The summed E-state index contributed by atoms with van der Waals surface area (Å²) in [6.45, 7) is 0.500. The van der Waals surface area contributed by atoms with Gasteiger partial charge in [-0.2, -0.15) is 0 Å². The maximum Gasteiger partial charge on any atom is 0.194 e. The van der Waals surface area contributed by atoms with Crippen LogP contribution in [0.3, 0.4) is 0 Å². The first-order valence-corrected chi connectivity index (χ1v) is 5.90. The maximum absolute atomic E-state index is 13.6. The molecule has 0 aromatic heterocycles. The van der Waals surface area contributed by atoms with Gasteiger partial charge in [0.25, 0.3) is 0 Å². The van der Waals surface area contributed by atoms with Crippen LogP contribution in [0.25, 0.3) is 0 Å². The summed E-state index contributed by atoms with van der Waals surface area (Å²) >= 11 is 0. The zero-order valence-corrected chi connectivity index (χ0v) is 10.0. The fourth-order valence-electron chi connectivity index (χ4n) is 2.70. The van der Waals surface area contributed by atoms with Gasteiger partial charge in [-0.1, -0.05) is 12.8 Å². The van der Waals surface area contributed by atoms with Gasteiger partial charge in [0.1, 0.15) is 0 Å². The van der Waals surface area contributed by atoms with E-state index >= 15 is 0 Å². The maximum atomic E-state index is 13.6. The summed E-state index contributed by atoms with van der Waals surface area (Å²) in [5.74, 6) is -0.889. The summed E-state index contributed by atoms with van der Waals surface area (Å²) in [7, 11) is 1.42. The molecule has 1 aromatic rings. The Morgan fingerprint density at radius 1 is 1.41 bits per heavy atom. The third-order valence-corrected chi connectivity index (χ3v) is 3.81. The highest BCUT2D eigenvalue weighted by atomic mass is 19.1. The van der Waals surface area contributed by atoms with Gasteiger partial charge in [-0.15, -0.1) is 0 Å². The van der Waals surface area contributed by atoms with Crippen LogP contribution >= 0.6 is 0 Å². The molecule has 1 fully saturated rings. The number of aromatic hydroxyl groups is 1. The number of hydrogen-bond acceptors (Lipinski definition) is 3. The second-order valence-corrected chi connectivity index (χ2v) is 4.70. The van der Waals surface area contributed by atoms with Crippen molar-refractivity contribution in [3.63, 3.8) is 0 Å². The third kappa shape index (κ3) is 1.97. The molecule has 1 aromatic carbocycles. The molecule has 1 saturated carbocycles. The van der Waals surface area contributed by atoms with Gasteiger partial charge in [0.05, 0.1) is 7.11 Å². The fourth-order valence-corrected chi connectivity index (χ4v) is 2.70. The van der Waals surface area contributed by atoms with E-state index in [4.69, 9.17) is 10.5 Å². The Hall–Kier alpha value is -1.29. The third-order valence-electron chi connectivity index (χ3n) is 3.81. The van der Waals surface area contributed by atoms with Crippen LogP contribution in [0.15, 0.2) is 12.1 Å². The number of rotatable bonds is 3. The molecule has 3 nitrogen and oxygen atoms in total. The van der Waals surface area contributed by atoms with Gasteiger partial charge in [-0.05, 0) is 30.5 Å². The smallest absolute Gasteiger partial charge is 0.194 e. The monoisotopic (exact) mass is 239 g/mol. The molecule has 0 saturated heterocycles. The number of phenols is 1. The quantitative estimate of drug-likeness (QED) is 0.851. The zero-order valence-electron chi connectivity index (χ0n) is 10.0. The Morgan fingerprint density at radius 3 is 2.59 bits per heavy atom. The van der Waals surface area contributed by atoms with Crippen molar-refractivity contribution in [1.82, 2.24) is 0 Å². The Kier molecular flexibility index (Phi) is 3.24. The molecular formula is C13H18FNO2. The Labute approximate surface area is 100 Å². The molecule has 2 rings (SSSR count). The molecule has 0 spiro atoms. The zero-order chi connectivity index (χ0) is 12.5. The molecule has 0 amide bonds. The lowest BCUT2D eigenvalue weighted by Crippen LogP contribution is -2.32. The van der Waals surface area contributed by atoms with Crippen molar-refractivity contribution in [3.8, 4) is 11.5 Å². The minimum Gasteiger partial charge on any atom is -0.502 e. The van der Waals surface area contributed by atoms with Gasteiger partial charge in [0.15, 0.2) is 17.3 Å². The van der Waals surface area contributed by atoms with Crippen LogP contribution in [-0.2, 0) is 5.41 Å². The predicted molar refractivity (Wildman–Crippen MR) is 63.8 cm³/mol. The largest absolute Gasteiger partial charge is 0.502 e. The van der Waals surface area contributed by atoms with Crippen LogP contribution in [0.4, 0.5) is 4.39 Å². The van der Waals surface area contributed by atoms with Crippen LogP contribution < -0.4 is 10.5 Å². The number of methoxy groups -OCH3 is 1. The minimum atomic E-state index is -0.640. The topological polar surface area (TPSA) is 55.5 Å². The van der Waals surface area contributed by atoms with E-state index in [0.717, 1.165) is 31.2 Å². The molecule has 3 N–H and O–H groups in total. The van der Waals surface area contributed by atoms with Crippen LogP contribution in [0.1, 0.15) is 31.2 Å². The van der Waals surface area contributed by atoms with E-state index in [9.17, 15) is 9.50 Å². The van der Waals surface area contributed by atoms with Gasteiger partial charge < -0.3 is 15.6 Å². The molecule has 0 unspecified atom stereocenters. The number of hydrogen-bond donors (Lipinski definition) is 2. The standard InChI is InChI=1S/C13H18FNO2/c1-17-11-7-9(6-10(14)12(11)16)13(8-15)4-2-3-5-13/h6-7,16H,2-5,8,15H2,1H3. The van der Waals surface area contributed by atoms with Crippen molar-refractivity contribution < 1.29 is 14.2 Å². The normalized spacial score (nSPS) is 18.3. The lowest BCUT2D eigenvalue weighted by Gasteiger charge is -2.28. The van der Waals surface area contributed by atoms with E-state index in [-0.39, 0.29) is 11.2 Å². The van der Waals surface area contributed by atoms with E-state index in [1.54, 1.807) is 6.07 Å². The lowest BCUT2D eigenvalue weighted by atomic mass is 9.79. The molecule has 1 aliphatic carbocycles. The van der Waals surface area contributed by atoms with Crippen molar-refractivity contribution in [2.24, 2.45) is 5.73 Å². The molecule has 0 bridgehead atoms. The summed E-state index contributed by atoms with van der Waals surface area (Å²) in [6.07, 6.45) is 4.16.